The third kappa shape index (κ3) is 2.12. The van der Waals surface area contributed by atoms with Crippen molar-refractivity contribution in [3.8, 4) is 0 Å². The monoisotopic (exact) mass is 333 g/mol. The van der Waals surface area contributed by atoms with Gasteiger partial charge in [-0.25, -0.2) is 9.69 Å². The zero-order chi connectivity index (χ0) is 16.1. The molecule has 3 fully saturated rings. The Hall–Kier alpha value is -2.08. The smallest absolute Gasteiger partial charge is 0.312 e. The predicted octanol–water partition coefficient (Wildman–Crippen LogP) is 1.87. The summed E-state index contributed by atoms with van der Waals surface area (Å²) in [6.45, 7) is 1.08. The highest BCUT2D eigenvalue weighted by Gasteiger charge is 2.53. The number of nitrogens with zero attached hydrogens (tertiary/aromatic N) is 3. The molecule has 0 spiro atoms. The van der Waals surface area contributed by atoms with Gasteiger partial charge in [0.05, 0.1) is 0 Å². The molecule has 4 rings (SSSR count). The maximum atomic E-state index is 12.7. The van der Waals surface area contributed by atoms with Crippen LogP contribution in [0.2, 0.25) is 5.02 Å². The molecule has 4 amide bonds. The second-order valence-corrected chi connectivity index (χ2v) is 6.55. The van der Waals surface area contributed by atoms with Crippen LogP contribution in [0.3, 0.4) is 0 Å². The summed E-state index contributed by atoms with van der Waals surface area (Å²) >= 11 is 5.98. The van der Waals surface area contributed by atoms with E-state index < -0.39 is 6.04 Å². The molecule has 0 aliphatic carbocycles. The highest BCUT2D eigenvalue weighted by atomic mass is 35.5. The van der Waals surface area contributed by atoms with Crippen molar-refractivity contribution in [2.45, 2.75) is 31.3 Å². The summed E-state index contributed by atoms with van der Waals surface area (Å²) in [6, 6.07) is 5.66. The molecule has 6 nitrogen and oxygen atoms in total. The number of halogens is 1. The Balaban J connectivity index is 1.59. The van der Waals surface area contributed by atoms with E-state index in [4.69, 9.17) is 11.6 Å². The zero-order valence-electron chi connectivity index (χ0n) is 12.4. The molecule has 1 unspecified atom stereocenters. The highest BCUT2D eigenvalue weighted by Crippen LogP contribution is 2.33. The number of urea groups is 1. The largest absolute Gasteiger partial charge is 0.328 e. The van der Waals surface area contributed by atoms with E-state index in [0.29, 0.717) is 36.6 Å². The van der Waals surface area contributed by atoms with Crippen LogP contribution in [0.4, 0.5) is 10.5 Å². The van der Waals surface area contributed by atoms with E-state index in [0.717, 1.165) is 6.42 Å². The number of anilines is 1. The van der Waals surface area contributed by atoms with Gasteiger partial charge in [-0.3, -0.25) is 9.59 Å². The van der Waals surface area contributed by atoms with Gasteiger partial charge in [-0.05, 0) is 37.5 Å². The average molecular weight is 334 g/mol. The summed E-state index contributed by atoms with van der Waals surface area (Å²) in [5, 5.41) is 0.549. The quantitative estimate of drug-likeness (QED) is 0.776. The minimum absolute atomic E-state index is 0.213. The summed E-state index contributed by atoms with van der Waals surface area (Å²) in [5.74, 6) is -0.436. The number of amides is 4. The van der Waals surface area contributed by atoms with Gasteiger partial charge in [-0.1, -0.05) is 17.7 Å². The van der Waals surface area contributed by atoms with Gasteiger partial charge in [-0.15, -0.1) is 0 Å². The molecule has 0 radical (unpaired) electrons. The number of hydrogen-bond acceptors (Lipinski definition) is 3. The zero-order valence-corrected chi connectivity index (χ0v) is 13.2. The fourth-order valence-corrected chi connectivity index (χ4v) is 3.92. The number of hydrogen-bond donors (Lipinski definition) is 0. The van der Waals surface area contributed by atoms with E-state index in [2.05, 4.69) is 0 Å². The second kappa shape index (κ2) is 5.23. The van der Waals surface area contributed by atoms with E-state index in [1.54, 1.807) is 34.1 Å². The number of rotatable bonds is 2. The molecular formula is C16H16ClN3O3. The van der Waals surface area contributed by atoms with Gasteiger partial charge in [0.25, 0.3) is 5.91 Å². The van der Waals surface area contributed by atoms with Gasteiger partial charge in [-0.2, -0.15) is 0 Å². The van der Waals surface area contributed by atoms with Gasteiger partial charge in [0.15, 0.2) is 0 Å². The maximum Gasteiger partial charge on any atom is 0.328 e. The molecule has 7 heteroatoms. The van der Waals surface area contributed by atoms with Crippen molar-refractivity contribution < 1.29 is 14.4 Å². The molecule has 0 N–H and O–H groups in total. The van der Waals surface area contributed by atoms with Crippen molar-refractivity contribution in [3.63, 3.8) is 0 Å². The fraction of sp³-hybridized carbons (Fsp3) is 0.438. The Labute approximate surface area is 138 Å². The van der Waals surface area contributed by atoms with Crippen LogP contribution in [0, 0.1) is 0 Å². The van der Waals surface area contributed by atoms with Crippen LogP contribution in [0.15, 0.2) is 24.3 Å². The van der Waals surface area contributed by atoms with Crippen molar-refractivity contribution in [1.29, 1.82) is 0 Å². The minimum atomic E-state index is -0.695. The number of carbonyl (C=O) groups is 3. The van der Waals surface area contributed by atoms with E-state index >= 15 is 0 Å². The number of benzene rings is 1. The summed E-state index contributed by atoms with van der Waals surface area (Å²) in [5.41, 5.74) is 0.699. The summed E-state index contributed by atoms with van der Waals surface area (Å²) in [6.07, 6.45) is 2.01. The van der Waals surface area contributed by atoms with Crippen LogP contribution in [-0.2, 0) is 9.59 Å². The summed E-state index contributed by atoms with van der Waals surface area (Å²) in [7, 11) is 0. The first kappa shape index (κ1) is 14.5. The summed E-state index contributed by atoms with van der Waals surface area (Å²) in [4.78, 5) is 42.1. The maximum absolute atomic E-state index is 12.7. The summed E-state index contributed by atoms with van der Waals surface area (Å²) < 4.78 is 0. The first-order valence-electron chi connectivity index (χ1n) is 7.78. The van der Waals surface area contributed by atoms with Crippen LogP contribution in [0.25, 0.3) is 0 Å². The van der Waals surface area contributed by atoms with Gasteiger partial charge in [0.1, 0.15) is 12.1 Å². The van der Waals surface area contributed by atoms with Gasteiger partial charge < -0.3 is 9.80 Å². The van der Waals surface area contributed by atoms with Gasteiger partial charge in [0.2, 0.25) is 5.91 Å². The van der Waals surface area contributed by atoms with Crippen molar-refractivity contribution in [2.24, 2.45) is 0 Å². The Bertz CT molecular complexity index is 686. The van der Waals surface area contributed by atoms with E-state index in [1.807, 2.05) is 0 Å². The third-order valence-electron chi connectivity index (χ3n) is 4.84. The lowest BCUT2D eigenvalue weighted by molar-refractivity contribution is -0.133. The lowest BCUT2D eigenvalue weighted by Crippen LogP contribution is -2.46. The molecular weight excluding hydrogens is 318 g/mol. The molecule has 2 atom stereocenters. The molecule has 3 saturated heterocycles. The molecule has 3 aliphatic rings. The van der Waals surface area contributed by atoms with E-state index in [1.165, 1.54) is 4.90 Å². The van der Waals surface area contributed by atoms with Crippen molar-refractivity contribution in [1.82, 2.24) is 9.80 Å². The van der Waals surface area contributed by atoms with Crippen molar-refractivity contribution >= 4 is 35.1 Å². The Morgan fingerprint density at radius 1 is 1.00 bits per heavy atom. The molecule has 3 heterocycles. The van der Waals surface area contributed by atoms with E-state index in [9.17, 15) is 14.4 Å². The van der Waals surface area contributed by atoms with Gasteiger partial charge in [0, 0.05) is 23.8 Å². The molecule has 0 saturated carbocycles. The molecule has 0 bridgehead atoms. The van der Waals surface area contributed by atoms with Crippen LogP contribution < -0.4 is 4.90 Å². The van der Waals surface area contributed by atoms with Crippen molar-refractivity contribution in [3.05, 3.63) is 29.3 Å². The second-order valence-electron chi connectivity index (χ2n) is 6.12. The fourth-order valence-electron chi connectivity index (χ4n) is 3.74. The lowest BCUT2D eigenvalue weighted by Gasteiger charge is -2.22. The van der Waals surface area contributed by atoms with Gasteiger partial charge >= 0.3 is 6.03 Å². The molecule has 23 heavy (non-hydrogen) atoms. The predicted molar refractivity (Wildman–Crippen MR) is 84.2 cm³/mol. The first-order chi connectivity index (χ1) is 11.1. The van der Waals surface area contributed by atoms with Crippen LogP contribution in [0.5, 0.6) is 0 Å². The van der Waals surface area contributed by atoms with E-state index in [-0.39, 0.29) is 23.9 Å². The number of carbonyl (C=O) groups excluding carboxylic acids is 3. The molecule has 1 aromatic rings. The van der Waals surface area contributed by atoms with Crippen LogP contribution >= 0.6 is 11.6 Å². The third-order valence-corrected chi connectivity index (χ3v) is 5.07. The highest BCUT2D eigenvalue weighted by molar-refractivity contribution is 6.31. The molecule has 120 valence electrons. The first-order valence-corrected chi connectivity index (χ1v) is 8.16. The Kier molecular flexibility index (Phi) is 3.30. The molecule has 1 aromatic carbocycles. The Morgan fingerprint density at radius 3 is 2.57 bits per heavy atom. The number of imide groups is 1. The van der Waals surface area contributed by atoms with Crippen molar-refractivity contribution in [2.75, 3.05) is 18.0 Å². The molecule has 3 aliphatic heterocycles. The topological polar surface area (TPSA) is 60.9 Å². The van der Waals surface area contributed by atoms with Crippen LogP contribution in [-0.4, -0.2) is 52.8 Å². The van der Waals surface area contributed by atoms with Crippen LogP contribution in [0.1, 0.15) is 19.3 Å². The minimum Gasteiger partial charge on any atom is -0.312 e. The lowest BCUT2D eigenvalue weighted by atomic mass is 10.1. The SMILES string of the molecule is O=C1C(N2C(=O)[C@@H]3CCCN3C2=O)CCN1c1cccc(Cl)c1. The number of fused-ring (bicyclic) bond motifs is 1. The Morgan fingerprint density at radius 2 is 1.83 bits per heavy atom. The standard InChI is InChI=1S/C16H16ClN3O3/c17-10-3-1-4-11(9-10)18-8-6-13(14(18)21)20-15(22)12-5-2-7-19(12)16(20)23/h1,3-4,9,12-13H,2,5-8H2/t12-,13?/m0/s1. The molecule has 0 aromatic heterocycles. The normalized spacial score (nSPS) is 27.3. The average Bonchev–Trinajstić information content (AvgIpc) is 3.19.